The van der Waals surface area contributed by atoms with E-state index in [1.807, 2.05) is 12.1 Å². The Balaban J connectivity index is 1.49. The zero-order chi connectivity index (χ0) is 15.6. The van der Waals surface area contributed by atoms with Gasteiger partial charge in [0.05, 0.1) is 34.1 Å². The second-order valence-electron chi connectivity index (χ2n) is 5.05. The van der Waals surface area contributed by atoms with Gasteiger partial charge in [0, 0.05) is 13.1 Å². The average molecular weight is 397 g/mol. The largest absolute Gasteiger partial charge is 0.374 e. The van der Waals surface area contributed by atoms with Crippen molar-refractivity contribution in [2.45, 2.75) is 12.6 Å². The van der Waals surface area contributed by atoms with Gasteiger partial charge in [-0.1, -0.05) is 10.4 Å². The summed E-state index contributed by atoms with van der Waals surface area (Å²) in [6.07, 6.45) is 1.89. The van der Waals surface area contributed by atoms with Gasteiger partial charge in [-0.05, 0) is 28.1 Å². The molecule has 1 N–H and O–H groups in total. The molecule has 8 nitrogen and oxygen atoms in total. The van der Waals surface area contributed by atoms with Crippen LogP contribution in [0.15, 0.2) is 26.6 Å². The molecule has 4 heterocycles. The number of halogens is 1. The molecule has 0 saturated carbocycles. The van der Waals surface area contributed by atoms with Crippen LogP contribution in [0.2, 0.25) is 0 Å². The summed E-state index contributed by atoms with van der Waals surface area (Å²) in [5.74, 6) is 0.906. The lowest BCUT2D eigenvalue weighted by atomic mass is 10.3. The molecule has 0 spiro atoms. The van der Waals surface area contributed by atoms with Crippen molar-refractivity contribution in [1.29, 1.82) is 0 Å². The second-order valence-corrected chi connectivity index (χ2v) is 7.51. The van der Waals surface area contributed by atoms with Crippen LogP contribution in [-0.4, -0.2) is 50.9 Å². The third-order valence-electron chi connectivity index (χ3n) is 3.37. The Morgan fingerprint density at radius 3 is 3.17 bits per heavy atom. The van der Waals surface area contributed by atoms with Crippen LogP contribution in [0.4, 0.5) is 0 Å². The molecule has 1 atom stereocenters. The summed E-state index contributed by atoms with van der Waals surface area (Å²) in [5.41, 5.74) is 0.558. The van der Waals surface area contributed by atoms with Crippen molar-refractivity contribution >= 4 is 27.3 Å². The first-order valence-corrected chi connectivity index (χ1v) is 8.71. The molecular weight excluding hydrogens is 384 g/mol. The van der Waals surface area contributed by atoms with Gasteiger partial charge in [-0.15, -0.1) is 16.4 Å². The SMILES string of the molecule is Brc1ccc(-c2noc(-c3cn(CC4CNCCO4)nn3)n2)s1. The van der Waals surface area contributed by atoms with Crippen LogP contribution in [0, 0.1) is 0 Å². The zero-order valence-corrected chi connectivity index (χ0v) is 14.4. The Hall–Kier alpha value is -1.62. The lowest BCUT2D eigenvalue weighted by Gasteiger charge is -2.23. The molecule has 0 aromatic carbocycles. The molecule has 120 valence electrons. The fourth-order valence-corrected chi connectivity index (χ4v) is 3.61. The molecule has 0 aliphatic carbocycles. The Morgan fingerprint density at radius 1 is 1.43 bits per heavy atom. The minimum Gasteiger partial charge on any atom is -0.374 e. The van der Waals surface area contributed by atoms with Gasteiger partial charge < -0.3 is 14.6 Å². The molecule has 1 unspecified atom stereocenters. The number of ether oxygens (including phenoxy) is 1. The summed E-state index contributed by atoms with van der Waals surface area (Å²) in [4.78, 5) is 5.31. The number of thiophene rings is 1. The molecule has 1 saturated heterocycles. The molecule has 1 aliphatic rings. The van der Waals surface area contributed by atoms with Crippen LogP contribution in [-0.2, 0) is 11.3 Å². The third-order valence-corrected chi connectivity index (χ3v) is 4.99. The molecule has 10 heteroatoms. The monoisotopic (exact) mass is 396 g/mol. The Bertz CT molecular complexity index is 794. The molecule has 3 aromatic heterocycles. The highest BCUT2D eigenvalue weighted by Gasteiger charge is 2.18. The van der Waals surface area contributed by atoms with E-state index in [0.29, 0.717) is 24.0 Å². The second kappa shape index (κ2) is 6.48. The van der Waals surface area contributed by atoms with E-state index in [-0.39, 0.29) is 6.10 Å². The van der Waals surface area contributed by atoms with Crippen molar-refractivity contribution in [2.24, 2.45) is 0 Å². The summed E-state index contributed by atoms with van der Waals surface area (Å²) >= 11 is 4.97. The number of rotatable bonds is 4. The maximum atomic E-state index is 5.66. The smallest absolute Gasteiger partial charge is 0.280 e. The van der Waals surface area contributed by atoms with Crippen molar-refractivity contribution in [3.05, 3.63) is 22.1 Å². The number of hydrogen-bond acceptors (Lipinski definition) is 8. The van der Waals surface area contributed by atoms with E-state index in [1.165, 1.54) is 0 Å². The normalized spacial score (nSPS) is 18.4. The van der Waals surface area contributed by atoms with Crippen molar-refractivity contribution < 1.29 is 9.26 Å². The van der Waals surface area contributed by atoms with Crippen LogP contribution in [0.3, 0.4) is 0 Å². The minimum absolute atomic E-state index is 0.0972. The average Bonchev–Trinajstić information content (AvgIpc) is 3.28. The Labute approximate surface area is 144 Å². The number of hydrogen-bond donors (Lipinski definition) is 1. The van der Waals surface area contributed by atoms with Crippen LogP contribution in [0.5, 0.6) is 0 Å². The lowest BCUT2D eigenvalue weighted by Crippen LogP contribution is -2.40. The maximum Gasteiger partial charge on any atom is 0.280 e. The van der Waals surface area contributed by atoms with Crippen molar-refractivity contribution in [3.63, 3.8) is 0 Å². The minimum atomic E-state index is 0.0972. The highest BCUT2D eigenvalue weighted by atomic mass is 79.9. The van der Waals surface area contributed by atoms with Gasteiger partial charge in [0.2, 0.25) is 5.82 Å². The molecule has 4 rings (SSSR count). The molecule has 3 aromatic rings. The van der Waals surface area contributed by atoms with Crippen LogP contribution in [0.1, 0.15) is 0 Å². The van der Waals surface area contributed by atoms with Gasteiger partial charge in [-0.3, -0.25) is 0 Å². The molecule has 1 fully saturated rings. The predicted molar refractivity (Wildman–Crippen MR) is 86.9 cm³/mol. The van der Waals surface area contributed by atoms with Crippen LogP contribution < -0.4 is 5.32 Å². The summed E-state index contributed by atoms with van der Waals surface area (Å²) < 4.78 is 13.7. The zero-order valence-electron chi connectivity index (χ0n) is 12.0. The lowest BCUT2D eigenvalue weighted by molar-refractivity contribution is 0.0158. The summed E-state index contributed by atoms with van der Waals surface area (Å²) in [6, 6.07) is 3.89. The molecule has 0 amide bonds. The fourth-order valence-electron chi connectivity index (χ4n) is 2.29. The summed E-state index contributed by atoms with van der Waals surface area (Å²) in [5, 5.41) is 15.5. The number of nitrogens with one attached hydrogen (secondary N) is 1. The van der Waals surface area contributed by atoms with E-state index < -0.39 is 0 Å². The summed E-state index contributed by atoms with van der Waals surface area (Å²) in [7, 11) is 0. The van der Waals surface area contributed by atoms with Crippen molar-refractivity contribution in [2.75, 3.05) is 19.7 Å². The number of nitrogens with zero attached hydrogens (tertiary/aromatic N) is 5. The standard InChI is InChI=1S/C13H13BrN6O2S/c14-11-2-1-10(23-11)12-16-13(22-18-12)9-7-20(19-17-9)6-8-5-15-3-4-21-8/h1-2,7-8,15H,3-6H2. The van der Waals surface area contributed by atoms with E-state index in [0.717, 1.165) is 28.4 Å². The van der Waals surface area contributed by atoms with Gasteiger partial charge in [-0.2, -0.15) is 4.98 Å². The molecule has 0 bridgehead atoms. The van der Waals surface area contributed by atoms with Crippen molar-refractivity contribution in [1.82, 2.24) is 30.5 Å². The first-order valence-electron chi connectivity index (χ1n) is 7.10. The topological polar surface area (TPSA) is 90.9 Å². The fraction of sp³-hybridized carbons (Fsp3) is 0.385. The van der Waals surface area contributed by atoms with Gasteiger partial charge in [0.15, 0.2) is 5.69 Å². The first kappa shape index (κ1) is 14.9. The van der Waals surface area contributed by atoms with Crippen LogP contribution >= 0.6 is 27.3 Å². The highest BCUT2D eigenvalue weighted by molar-refractivity contribution is 9.11. The quantitative estimate of drug-likeness (QED) is 0.718. The molecule has 23 heavy (non-hydrogen) atoms. The molecule has 0 radical (unpaired) electrons. The third kappa shape index (κ3) is 3.34. The van der Waals surface area contributed by atoms with Crippen molar-refractivity contribution in [3.8, 4) is 22.3 Å². The van der Waals surface area contributed by atoms with E-state index in [1.54, 1.807) is 22.2 Å². The van der Waals surface area contributed by atoms with Gasteiger partial charge >= 0.3 is 0 Å². The number of aromatic nitrogens is 5. The van der Waals surface area contributed by atoms with Gasteiger partial charge in [0.1, 0.15) is 0 Å². The highest BCUT2D eigenvalue weighted by Crippen LogP contribution is 2.30. The van der Waals surface area contributed by atoms with Crippen LogP contribution in [0.25, 0.3) is 22.3 Å². The predicted octanol–water partition coefficient (Wildman–Crippen LogP) is 1.81. The molecular formula is C13H13BrN6O2S. The Morgan fingerprint density at radius 2 is 2.39 bits per heavy atom. The van der Waals surface area contributed by atoms with Gasteiger partial charge in [0.25, 0.3) is 5.89 Å². The van der Waals surface area contributed by atoms with E-state index in [4.69, 9.17) is 9.26 Å². The van der Waals surface area contributed by atoms with E-state index in [2.05, 4.69) is 41.7 Å². The summed E-state index contributed by atoms with van der Waals surface area (Å²) in [6.45, 7) is 3.06. The first-order chi connectivity index (χ1) is 11.3. The van der Waals surface area contributed by atoms with E-state index in [9.17, 15) is 0 Å². The number of morpholine rings is 1. The maximum absolute atomic E-state index is 5.66. The Kier molecular flexibility index (Phi) is 4.21. The molecule has 1 aliphatic heterocycles. The van der Waals surface area contributed by atoms with Gasteiger partial charge in [-0.25, -0.2) is 4.68 Å². The van der Waals surface area contributed by atoms with E-state index >= 15 is 0 Å².